The van der Waals surface area contributed by atoms with Gasteiger partial charge < -0.3 is 10.6 Å². The highest BCUT2D eigenvalue weighted by Gasteiger charge is 2.21. The maximum absolute atomic E-state index is 13.1. The Hall–Kier alpha value is -2.96. The summed E-state index contributed by atoms with van der Waals surface area (Å²) in [4.78, 5) is 4.26. The Labute approximate surface area is 152 Å². The first-order valence-electron chi connectivity index (χ1n) is 8.49. The molecule has 0 spiro atoms. The highest BCUT2D eigenvalue weighted by Crippen LogP contribution is 2.22. The normalized spacial score (nSPS) is 12.4. The summed E-state index contributed by atoms with van der Waals surface area (Å²) in [5, 5.41) is 14.9. The van der Waals surface area contributed by atoms with Crippen molar-refractivity contribution in [3.05, 3.63) is 65.9 Å². The van der Waals surface area contributed by atoms with Crippen LogP contribution in [-0.2, 0) is 12.0 Å². The number of aliphatic imine (C=N–C) groups is 1. The first-order chi connectivity index (χ1) is 12.5. The second kappa shape index (κ2) is 7.51. The molecule has 2 aromatic heterocycles. The van der Waals surface area contributed by atoms with E-state index in [-0.39, 0.29) is 11.2 Å². The van der Waals surface area contributed by atoms with Crippen molar-refractivity contribution in [1.82, 2.24) is 25.2 Å². The SMILES string of the molecule is CN=C(NCc1nnc2ccccn12)NCC(C)(C)c1ccc(F)cc1. The standard InChI is InChI=1S/C19H23FN6/c1-19(2,14-7-9-15(20)10-8-14)13-23-18(21-3)22-12-17-25-24-16-6-4-5-11-26(16)17/h4-11H,12-13H2,1-3H3,(H2,21,22,23). The van der Waals surface area contributed by atoms with Crippen molar-refractivity contribution < 1.29 is 4.39 Å². The van der Waals surface area contributed by atoms with Crippen LogP contribution in [0.3, 0.4) is 0 Å². The van der Waals surface area contributed by atoms with Gasteiger partial charge in [-0.15, -0.1) is 10.2 Å². The van der Waals surface area contributed by atoms with Gasteiger partial charge in [0.05, 0.1) is 6.54 Å². The molecule has 0 atom stereocenters. The van der Waals surface area contributed by atoms with E-state index >= 15 is 0 Å². The summed E-state index contributed by atoms with van der Waals surface area (Å²) in [6, 6.07) is 12.4. The fraction of sp³-hybridized carbons (Fsp3) is 0.316. The minimum Gasteiger partial charge on any atom is -0.356 e. The van der Waals surface area contributed by atoms with Gasteiger partial charge >= 0.3 is 0 Å². The maximum atomic E-state index is 13.1. The van der Waals surface area contributed by atoms with Crippen molar-refractivity contribution in [3.8, 4) is 0 Å². The predicted molar refractivity (Wildman–Crippen MR) is 101 cm³/mol. The van der Waals surface area contributed by atoms with Gasteiger partial charge in [-0.2, -0.15) is 0 Å². The number of halogens is 1. The fourth-order valence-electron chi connectivity index (χ4n) is 2.70. The predicted octanol–water partition coefficient (Wildman–Crippen LogP) is 2.51. The molecule has 2 heterocycles. The van der Waals surface area contributed by atoms with E-state index in [2.05, 4.69) is 39.7 Å². The van der Waals surface area contributed by atoms with Crippen LogP contribution in [0.25, 0.3) is 5.65 Å². The van der Waals surface area contributed by atoms with Gasteiger partial charge in [0.25, 0.3) is 0 Å². The average molecular weight is 354 g/mol. The van der Waals surface area contributed by atoms with Gasteiger partial charge in [0.2, 0.25) is 0 Å². The number of guanidine groups is 1. The Balaban J connectivity index is 1.60. The number of pyridine rings is 1. The molecule has 3 rings (SSSR count). The largest absolute Gasteiger partial charge is 0.356 e. The van der Waals surface area contributed by atoms with Crippen LogP contribution in [0.4, 0.5) is 4.39 Å². The van der Waals surface area contributed by atoms with Gasteiger partial charge in [-0.1, -0.05) is 32.0 Å². The molecular weight excluding hydrogens is 331 g/mol. The van der Waals surface area contributed by atoms with Crippen LogP contribution in [0.2, 0.25) is 0 Å². The van der Waals surface area contributed by atoms with Crippen molar-refractivity contribution in [1.29, 1.82) is 0 Å². The smallest absolute Gasteiger partial charge is 0.191 e. The van der Waals surface area contributed by atoms with E-state index in [1.165, 1.54) is 12.1 Å². The van der Waals surface area contributed by atoms with Crippen molar-refractivity contribution in [2.75, 3.05) is 13.6 Å². The van der Waals surface area contributed by atoms with Crippen molar-refractivity contribution in [2.45, 2.75) is 25.8 Å². The number of hydrogen-bond donors (Lipinski definition) is 2. The molecule has 0 amide bonds. The quantitative estimate of drug-likeness (QED) is 0.546. The summed E-state index contributed by atoms with van der Waals surface area (Å²) >= 11 is 0. The van der Waals surface area contributed by atoms with Crippen LogP contribution in [0, 0.1) is 5.82 Å². The lowest BCUT2D eigenvalue weighted by atomic mass is 9.84. The van der Waals surface area contributed by atoms with E-state index < -0.39 is 0 Å². The zero-order chi connectivity index (χ0) is 18.6. The Bertz CT molecular complexity index is 898. The van der Waals surface area contributed by atoms with E-state index in [9.17, 15) is 4.39 Å². The third-order valence-corrected chi connectivity index (χ3v) is 4.35. The number of aromatic nitrogens is 3. The average Bonchev–Trinajstić information content (AvgIpc) is 3.05. The number of hydrogen-bond acceptors (Lipinski definition) is 3. The van der Waals surface area contributed by atoms with E-state index in [0.717, 1.165) is 17.0 Å². The van der Waals surface area contributed by atoms with E-state index in [1.807, 2.05) is 40.9 Å². The van der Waals surface area contributed by atoms with Crippen LogP contribution in [-0.4, -0.2) is 34.2 Å². The van der Waals surface area contributed by atoms with Gasteiger partial charge in [-0.05, 0) is 29.8 Å². The molecule has 26 heavy (non-hydrogen) atoms. The molecule has 0 saturated heterocycles. The van der Waals surface area contributed by atoms with Crippen LogP contribution in [0.1, 0.15) is 25.2 Å². The van der Waals surface area contributed by atoms with Gasteiger partial charge in [-0.25, -0.2) is 4.39 Å². The zero-order valence-electron chi connectivity index (χ0n) is 15.2. The fourth-order valence-corrected chi connectivity index (χ4v) is 2.70. The lowest BCUT2D eigenvalue weighted by Crippen LogP contribution is -2.43. The minimum absolute atomic E-state index is 0.174. The molecule has 0 unspecified atom stereocenters. The van der Waals surface area contributed by atoms with Crippen LogP contribution < -0.4 is 10.6 Å². The highest BCUT2D eigenvalue weighted by molar-refractivity contribution is 5.79. The number of rotatable bonds is 5. The molecule has 0 aliphatic heterocycles. The maximum Gasteiger partial charge on any atom is 0.191 e. The Morgan fingerprint density at radius 1 is 1.12 bits per heavy atom. The molecule has 6 nitrogen and oxygen atoms in total. The lowest BCUT2D eigenvalue weighted by molar-refractivity contribution is 0.506. The Kier molecular flexibility index (Phi) is 5.16. The van der Waals surface area contributed by atoms with Crippen molar-refractivity contribution >= 4 is 11.6 Å². The molecule has 0 fully saturated rings. The van der Waals surface area contributed by atoms with Gasteiger partial charge in [0, 0.05) is 25.2 Å². The van der Waals surface area contributed by atoms with Crippen LogP contribution in [0.15, 0.2) is 53.7 Å². The topological polar surface area (TPSA) is 66.6 Å². The summed E-state index contributed by atoms with van der Waals surface area (Å²) in [6.07, 6.45) is 1.93. The molecule has 1 aromatic carbocycles. The number of benzene rings is 1. The third-order valence-electron chi connectivity index (χ3n) is 4.35. The van der Waals surface area contributed by atoms with Gasteiger partial charge in [-0.3, -0.25) is 9.39 Å². The molecule has 0 aliphatic carbocycles. The van der Waals surface area contributed by atoms with Gasteiger partial charge in [0.15, 0.2) is 17.4 Å². The molecule has 0 saturated carbocycles. The highest BCUT2D eigenvalue weighted by atomic mass is 19.1. The molecule has 0 aliphatic rings. The monoisotopic (exact) mass is 354 g/mol. The number of nitrogens with one attached hydrogen (secondary N) is 2. The second-order valence-electron chi connectivity index (χ2n) is 6.72. The lowest BCUT2D eigenvalue weighted by Gasteiger charge is -2.26. The van der Waals surface area contributed by atoms with Gasteiger partial charge in [0.1, 0.15) is 5.82 Å². The number of fused-ring (bicyclic) bond motifs is 1. The Morgan fingerprint density at radius 2 is 1.88 bits per heavy atom. The molecule has 2 N–H and O–H groups in total. The van der Waals surface area contributed by atoms with Crippen LogP contribution >= 0.6 is 0 Å². The zero-order valence-corrected chi connectivity index (χ0v) is 15.2. The summed E-state index contributed by atoms with van der Waals surface area (Å²) < 4.78 is 15.1. The molecular formula is C19H23FN6. The van der Waals surface area contributed by atoms with E-state index in [4.69, 9.17) is 0 Å². The minimum atomic E-state index is -0.226. The van der Waals surface area contributed by atoms with Crippen molar-refractivity contribution in [3.63, 3.8) is 0 Å². The molecule has 0 bridgehead atoms. The first-order valence-corrected chi connectivity index (χ1v) is 8.49. The van der Waals surface area contributed by atoms with E-state index in [1.54, 1.807) is 7.05 Å². The van der Waals surface area contributed by atoms with E-state index in [0.29, 0.717) is 19.0 Å². The molecule has 0 radical (unpaired) electrons. The molecule has 3 aromatic rings. The molecule has 7 heteroatoms. The summed E-state index contributed by atoms with van der Waals surface area (Å²) in [6.45, 7) is 5.36. The summed E-state index contributed by atoms with van der Waals surface area (Å²) in [7, 11) is 1.72. The molecule has 136 valence electrons. The first kappa shape index (κ1) is 17.8. The van der Waals surface area contributed by atoms with Crippen LogP contribution in [0.5, 0.6) is 0 Å². The Morgan fingerprint density at radius 3 is 2.62 bits per heavy atom. The third kappa shape index (κ3) is 3.99. The second-order valence-corrected chi connectivity index (χ2v) is 6.72. The van der Waals surface area contributed by atoms with Crippen molar-refractivity contribution in [2.24, 2.45) is 4.99 Å². The summed E-state index contributed by atoms with van der Waals surface area (Å²) in [5.74, 6) is 1.25. The number of nitrogens with zero attached hydrogens (tertiary/aromatic N) is 4. The summed E-state index contributed by atoms with van der Waals surface area (Å²) in [5.41, 5.74) is 1.70.